The summed E-state index contributed by atoms with van der Waals surface area (Å²) in [5.74, 6) is -2.70. The Morgan fingerprint density at radius 2 is 1.62 bits per heavy atom. The van der Waals surface area contributed by atoms with Gasteiger partial charge >= 0.3 is 0 Å². The maximum Gasteiger partial charge on any atom is 0.142 e. The Balaban J connectivity index is 2.74. The summed E-state index contributed by atoms with van der Waals surface area (Å²) < 4.78 is 41.7. The molecule has 0 aliphatic heterocycles. The van der Waals surface area contributed by atoms with Crippen LogP contribution in [0.15, 0.2) is 24.3 Å². The predicted octanol–water partition coefficient (Wildman–Crippen LogP) is 4.97. The fourth-order valence-electron chi connectivity index (χ4n) is 2.13. The summed E-state index contributed by atoms with van der Waals surface area (Å²) in [5, 5.41) is 10.2. The zero-order valence-electron chi connectivity index (χ0n) is 11.1. The molecule has 0 spiro atoms. The Labute approximate surface area is 129 Å². The van der Waals surface area contributed by atoms with E-state index in [0.717, 1.165) is 25.1 Å². The van der Waals surface area contributed by atoms with Crippen LogP contribution in [0.3, 0.4) is 0 Å². The normalized spacial score (nSPS) is 14.1. The largest absolute Gasteiger partial charge is 0.380 e. The molecule has 0 saturated carbocycles. The van der Waals surface area contributed by atoms with E-state index in [1.165, 1.54) is 13.0 Å². The molecule has 0 radical (unpaired) electrons. The molecule has 0 amide bonds. The van der Waals surface area contributed by atoms with Gasteiger partial charge in [0.1, 0.15) is 23.1 Å². The summed E-state index contributed by atoms with van der Waals surface area (Å²) in [6.07, 6.45) is 0. The van der Waals surface area contributed by atoms with Crippen molar-refractivity contribution in [3.05, 3.63) is 68.5 Å². The third-order valence-corrected chi connectivity index (χ3v) is 3.91. The molecule has 0 fully saturated rings. The molecule has 0 aliphatic rings. The number of aryl methyl sites for hydroxylation is 1. The molecule has 21 heavy (non-hydrogen) atoms. The molecule has 1 atom stereocenters. The van der Waals surface area contributed by atoms with E-state index >= 15 is 0 Å². The second-order valence-corrected chi connectivity index (χ2v) is 5.69. The molecule has 112 valence electrons. The van der Waals surface area contributed by atoms with Crippen LogP contribution in [0.1, 0.15) is 23.6 Å². The van der Waals surface area contributed by atoms with Crippen LogP contribution in [0.4, 0.5) is 13.2 Å². The Kier molecular flexibility index (Phi) is 4.24. The van der Waals surface area contributed by atoms with Crippen molar-refractivity contribution >= 4 is 23.2 Å². The van der Waals surface area contributed by atoms with Crippen molar-refractivity contribution < 1.29 is 18.3 Å². The highest BCUT2D eigenvalue weighted by Gasteiger charge is 2.35. The SMILES string of the molecule is Cc1ccc(F)c(C(C)(O)c2cc(F)c(Cl)cc2Cl)c1F. The van der Waals surface area contributed by atoms with Gasteiger partial charge in [-0.15, -0.1) is 0 Å². The van der Waals surface area contributed by atoms with Crippen LogP contribution in [0, 0.1) is 24.4 Å². The Hall–Kier alpha value is -1.23. The maximum atomic E-state index is 14.2. The Morgan fingerprint density at radius 1 is 1.00 bits per heavy atom. The van der Waals surface area contributed by atoms with Crippen LogP contribution in [0.25, 0.3) is 0 Å². The first kappa shape index (κ1) is 16.1. The monoisotopic (exact) mass is 334 g/mol. The lowest BCUT2D eigenvalue weighted by atomic mass is 9.86. The third kappa shape index (κ3) is 2.76. The van der Waals surface area contributed by atoms with E-state index in [4.69, 9.17) is 23.2 Å². The molecule has 2 rings (SSSR count). The minimum absolute atomic E-state index is 0.0910. The summed E-state index contributed by atoms with van der Waals surface area (Å²) >= 11 is 11.5. The van der Waals surface area contributed by atoms with Crippen LogP contribution in [-0.4, -0.2) is 5.11 Å². The summed E-state index contributed by atoms with van der Waals surface area (Å²) in [7, 11) is 0. The van der Waals surface area contributed by atoms with Gasteiger partial charge in [-0.05, 0) is 37.6 Å². The lowest BCUT2D eigenvalue weighted by Crippen LogP contribution is -2.27. The molecule has 1 N–H and O–H groups in total. The van der Waals surface area contributed by atoms with Crippen molar-refractivity contribution in [3.8, 4) is 0 Å². The van der Waals surface area contributed by atoms with Gasteiger partial charge in [-0.25, -0.2) is 13.2 Å². The summed E-state index contributed by atoms with van der Waals surface area (Å²) in [6.45, 7) is 2.57. The molecule has 2 aromatic carbocycles. The van der Waals surface area contributed by atoms with E-state index in [0.29, 0.717) is 0 Å². The van der Waals surface area contributed by atoms with Crippen LogP contribution in [-0.2, 0) is 5.60 Å². The van der Waals surface area contributed by atoms with Gasteiger partial charge in [0, 0.05) is 10.6 Å². The number of hydrogen-bond donors (Lipinski definition) is 1. The van der Waals surface area contributed by atoms with Crippen LogP contribution in [0.5, 0.6) is 0 Å². The molecule has 6 heteroatoms. The van der Waals surface area contributed by atoms with Crippen molar-refractivity contribution in [3.63, 3.8) is 0 Å². The highest BCUT2D eigenvalue weighted by atomic mass is 35.5. The van der Waals surface area contributed by atoms with E-state index in [9.17, 15) is 18.3 Å². The van der Waals surface area contributed by atoms with E-state index < -0.39 is 28.6 Å². The van der Waals surface area contributed by atoms with E-state index in [1.807, 2.05) is 0 Å². The van der Waals surface area contributed by atoms with Crippen LogP contribution < -0.4 is 0 Å². The smallest absolute Gasteiger partial charge is 0.142 e. The molecular formula is C15H11Cl2F3O. The number of hydrogen-bond acceptors (Lipinski definition) is 1. The quantitative estimate of drug-likeness (QED) is 0.768. The van der Waals surface area contributed by atoms with E-state index in [2.05, 4.69) is 0 Å². The average molecular weight is 335 g/mol. The highest BCUT2D eigenvalue weighted by molar-refractivity contribution is 6.35. The Bertz CT molecular complexity index is 715. The Morgan fingerprint density at radius 3 is 2.24 bits per heavy atom. The second-order valence-electron chi connectivity index (χ2n) is 4.87. The number of halogens is 5. The molecule has 0 bridgehead atoms. The molecule has 0 heterocycles. The molecular weight excluding hydrogens is 324 g/mol. The van der Waals surface area contributed by atoms with Crippen molar-refractivity contribution in [1.82, 2.24) is 0 Å². The summed E-state index contributed by atoms with van der Waals surface area (Å²) in [6, 6.07) is 4.22. The molecule has 0 aromatic heterocycles. The lowest BCUT2D eigenvalue weighted by molar-refractivity contribution is 0.0930. The van der Waals surface area contributed by atoms with Gasteiger partial charge in [0.25, 0.3) is 0 Å². The van der Waals surface area contributed by atoms with Gasteiger partial charge < -0.3 is 5.11 Å². The van der Waals surface area contributed by atoms with Crippen molar-refractivity contribution in [2.24, 2.45) is 0 Å². The lowest BCUT2D eigenvalue weighted by Gasteiger charge is -2.27. The van der Waals surface area contributed by atoms with Crippen molar-refractivity contribution in [2.45, 2.75) is 19.4 Å². The van der Waals surface area contributed by atoms with E-state index in [-0.39, 0.29) is 21.2 Å². The minimum atomic E-state index is -2.15. The fourth-order valence-corrected chi connectivity index (χ4v) is 2.70. The van der Waals surface area contributed by atoms with Gasteiger partial charge in [-0.3, -0.25) is 0 Å². The highest BCUT2D eigenvalue weighted by Crippen LogP contribution is 2.39. The zero-order valence-corrected chi connectivity index (χ0v) is 12.7. The molecule has 1 unspecified atom stereocenters. The molecule has 1 nitrogen and oxygen atoms in total. The van der Waals surface area contributed by atoms with Gasteiger partial charge in [0.15, 0.2) is 0 Å². The summed E-state index contributed by atoms with van der Waals surface area (Å²) in [4.78, 5) is 0. The maximum absolute atomic E-state index is 14.2. The molecule has 0 saturated heterocycles. The van der Waals surface area contributed by atoms with Gasteiger partial charge in [-0.1, -0.05) is 29.3 Å². The standard InChI is InChI=1S/C15H11Cl2F3O/c1-7-3-4-11(18)13(14(7)20)15(2,21)8-5-12(19)10(17)6-9(8)16/h3-6,21H,1-2H3. The zero-order chi connectivity index (χ0) is 15.9. The van der Waals surface area contributed by atoms with Crippen LogP contribution >= 0.6 is 23.2 Å². The van der Waals surface area contributed by atoms with Crippen molar-refractivity contribution in [1.29, 1.82) is 0 Å². The minimum Gasteiger partial charge on any atom is -0.380 e. The second kappa shape index (κ2) is 5.52. The van der Waals surface area contributed by atoms with Gasteiger partial charge in [0.05, 0.1) is 10.6 Å². The average Bonchev–Trinajstić information content (AvgIpc) is 2.38. The third-order valence-electron chi connectivity index (χ3n) is 3.31. The molecule has 2 aromatic rings. The predicted molar refractivity (Wildman–Crippen MR) is 76.2 cm³/mol. The fraction of sp³-hybridized carbons (Fsp3) is 0.200. The first-order valence-corrected chi connectivity index (χ1v) is 6.74. The number of benzene rings is 2. The molecule has 0 aliphatic carbocycles. The number of aliphatic hydroxyl groups is 1. The first-order valence-electron chi connectivity index (χ1n) is 5.98. The van der Waals surface area contributed by atoms with Crippen molar-refractivity contribution in [2.75, 3.05) is 0 Å². The van der Waals surface area contributed by atoms with Gasteiger partial charge in [0.2, 0.25) is 0 Å². The topological polar surface area (TPSA) is 20.2 Å². The van der Waals surface area contributed by atoms with E-state index in [1.54, 1.807) is 0 Å². The first-order chi connectivity index (χ1) is 9.66. The summed E-state index contributed by atoms with van der Waals surface area (Å²) in [5.41, 5.74) is -2.76. The van der Waals surface area contributed by atoms with Gasteiger partial charge in [-0.2, -0.15) is 0 Å². The number of rotatable bonds is 2. The van der Waals surface area contributed by atoms with Crippen LogP contribution in [0.2, 0.25) is 10.0 Å².